The summed E-state index contributed by atoms with van der Waals surface area (Å²) in [6.45, 7) is 2.80. The van der Waals surface area contributed by atoms with Crippen molar-refractivity contribution in [2.24, 2.45) is 17.6 Å². The molecule has 0 aromatic rings. The molecule has 4 amide bonds. The first-order valence-corrected chi connectivity index (χ1v) is 7.00. The van der Waals surface area contributed by atoms with Crippen LogP contribution in [0.4, 0.5) is 4.79 Å². The van der Waals surface area contributed by atoms with Crippen molar-refractivity contribution in [2.75, 3.05) is 26.7 Å². The first-order valence-electron chi connectivity index (χ1n) is 7.00. The molecule has 1 aliphatic heterocycles. The van der Waals surface area contributed by atoms with Gasteiger partial charge in [0.25, 0.3) is 5.91 Å². The number of rotatable bonds is 8. The Kier molecular flexibility index (Phi) is 6.13. The number of likely N-dealkylation sites (N-methyl/N-ethyl adjacent to an activating group) is 1. The van der Waals surface area contributed by atoms with Crippen LogP contribution in [0.15, 0.2) is 0 Å². The SMILES string of the molecule is CCCC(C(N)=O)[C@@H](CN1CCNC1=O)C(=O)C(=O)NC. The number of hydrogen-bond donors (Lipinski definition) is 3. The molecule has 0 bridgehead atoms. The number of nitrogens with two attached hydrogens (primary N) is 1. The standard InChI is InChI=1S/C13H22N4O4/c1-3-4-8(11(14)19)9(10(18)12(20)15-2)7-17-6-5-16-13(17)21/h8-9H,3-7H2,1-2H3,(H2,14,19)(H,15,20)(H,16,21)/t8?,9-/m1/s1. The Labute approximate surface area is 123 Å². The zero-order valence-corrected chi connectivity index (χ0v) is 12.3. The summed E-state index contributed by atoms with van der Waals surface area (Å²) >= 11 is 0. The van der Waals surface area contributed by atoms with Crippen LogP contribution in [0.1, 0.15) is 19.8 Å². The molecular weight excluding hydrogens is 276 g/mol. The summed E-state index contributed by atoms with van der Waals surface area (Å²) in [5.74, 6) is -3.78. The number of ketones is 1. The van der Waals surface area contributed by atoms with E-state index in [-0.39, 0.29) is 12.6 Å². The van der Waals surface area contributed by atoms with E-state index in [1.165, 1.54) is 11.9 Å². The maximum Gasteiger partial charge on any atom is 0.317 e. The number of carbonyl (C=O) groups excluding carboxylic acids is 4. The molecule has 0 aromatic carbocycles. The van der Waals surface area contributed by atoms with Crippen LogP contribution >= 0.6 is 0 Å². The summed E-state index contributed by atoms with van der Waals surface area (Å²) in [6, 6.07) is -0.301. The predicted octanol–water partition coefficient (Wildman–Crippen LogP) is -1.16. The third-order valence-corrected chi connectivity index (χ3v) is 3.60. The topological polar surface area (TPSA) is 122 Å². The van der Waals surface area contributed by atoms with E-state index < -0.39 is 29.4 Å². The number of amides is 4. The molecule has 0 aliphatic carbocycles. The number of nitrogens with zero attached hydrogens (tertiary/aromatic N) is 1. The molecule has 1 rings (SSSR count). The number of Topliss-reactive ketones (excluding diaryl/α,β-unsaturated/α-hetero) is 1. The van der Waals surface area contributed by atoms with Crippen molar-refractivity contribution in [3.8, 4) is 0 Å². The van der Waals surface area contributed by atoms with Crippen LogP contribution in [0.25, 0.3) is 0 Å². The molecule has 1 aliphatic rings. The number of nitrogens with one attached hydrogen (secondary N) is 2. The Balaban J connectivity index is 2.96. The first kappa shape index (κ1) is 16.9. The second-order valence-corrected chi connectivity index (χ2v) is 5.03. The van der Waals surface area contributed by atoms with Gasteiger partial charge >= 0.3 is 6.03 Å². The molecule has 1 unspecified atom stereocenters. The highest BCUT2D eigenvalue weighted by Crippen LogP contribution is 2.21. The Morgan fingerprint density at radius 2 is 2.05 bits per heavy atom. The van der Waals surface area contributed by atoms with Crippen LogP contribution in [0.2, 0.25) is 0 Å². The van der Waals surface area contributed by atoms with Crippen molar-refractivity contribution < 1.29 is 19.2 Å². The third-order valence-electron chi connectivity index (χ3n) is 3.60. The van der Waals surface area contributed by atoms with Gasteiger partial charge in [-0.25, -0.2) is 4.79 Å². The van der Waals surface area contributed by atoms with Gasteiger partial charge in [-0.2, -0.15) is 0 Å². The Bertz CT molecular complexity index is 438. The van der Waals surface area contributed by atoms with Gasteiger partial charge in [0.2, 0.25) is 11.7 Å². The minimum Gasteiger partial charge on any atom is -0.369 e. The molecule has 4 N–H and O–H groups in total. The van der Waals surface area contributed by atoms with Crippen molar-refractivity contribution in [3.63, 3.8) is 0 Å². The number of hydrogen-bond acceptors (Lipinski definition) is 4. The van der Waals surface area contributed by atoms with E-state index in [0.717, 1.165) is 0 Å². The van der Waals surface area contributed by atoms with Crippen LogP contribution in [-0.4, -0.2) is 55.2 Å². The first-order chi connectivity index (χ1) is 9.92. The molecule has 0 aromatic heterocycles. The summed E-state index contributed by atoms with van der Waals surface area (Å²) in [6.07, 6.45) is 1.05. The van der Waals surface area contributed by atoms with Gasteiger partial charge in [-0.15, -0.1) is 0 Å². The summed E-state index contributed by atoms with van der Waals surface area (Å²) in [5.41, 5.74) is 5.37. The Morgan fingerprint density at radius 3 is 2.48 bits per heavy atom. The van der Waals surface area contributed by atoms with Crippen molar-refractivity contribution >= 4 is 23.6 Å². The highest BCUT2D eigenvalue weighted by molar-refractivity contribution is 6.37. The lowest BCUT2D eigenvalue weighted by molar-refractivity contribution is -0.143. The largest absolute Gasteiger partial charge is 0.369 e. The highest BCUT2D eigenvalue weighted by atomic mass is 16.2. The minimum atomic E-state index is -0.911. The smallest absolute Gasteiger partial charge is 0.317 e. The van der Waals surface area contributed by atoms with E-state index in [4.69, 9.17) is 5.73 Å². The Hall–Kier alpha value is -2.12. The lowest BCUT2D eigenvalue weighted by Gasteiger charge is -2.26. The molecule has 8 nitrogen and oxygen atoms in total. The number of primary amides is 1. The molecule has 21 heavy (non-hydrogen) atoms. The maximum absolute atomic E-state index is 12.2. The second-order valence-electron chi connectivity index (χ2n) is 5.03. The summed E-state index contributed by atoms with van der Waals surface area (Å²) in [7, 11) is 1.35. The molecule has 1 fully saturated rings. The fourth-order valence-electron chi connectivity index (χ4n) is 2.46. The molecule has 118 valence electrons. The predicted molar refractivity (Wildman–Crippen MR) is 75.1 cm³/mol. The van der Waals surface area contributed by atoms with Crippen LogP contribution in [0.3, 0.4) is 0 Å². The van der Waals surface area contributed by atoms with Gasteiger partial charge in [-0.05, 0) is 6.42 Å². The molecule has 1 saturated heterocycles. The van der Waals surface area contributed by atoms with Gasteiger partial charge in [0.1, 0.15) is 0 Å². The highest BCUT2D eigenvalue weighted by Gasteiger charge is 2.37. The van der Waals surface area contributed by atoms with Crippen LogP contribution < -0.4 is 16.4 Å². The Morgan fingerprint density at radius 1 is 1.38 bits per heavy atom. The third kappa shape index (κ3) is 4.17. The van der Waals surface area contributed by atoms with Crippen LogP contribution in [0.5, 0.6) is 0 Å². The quantitative estimate of drug-likeness (QED) is 0.489. The van der Waals surface area contributed by atoms with Crippen molar-refractivity contribution in [2.45, 2.75) is 19.8 Å². The molecule has 8 heteroatoms. The molecule has 0 radical (unpaired) electrons. The fraction of sp³-hybridized carbons (Fsp3) is 0.692. The summed E-state index contributed by atoms with van der Waals surface area (Å²) < 4.78 is 0. The maximum atomic E-state index is 12.2. The van der Waals surface area contributed by atoms with E-state index in [1.54, 1.807) is 0 Å². The van der Waals surface area contributed by atoms with Gasteiger partial charge in [0.15, 0.2) is 0 Å². The van der Waals surface area contributed by atoms with Crippen molar-refractivity contribution in [1.29, 1.82) is 0 Å². The van der Waals surface area contributed by atoms with Crippen LogP contribution in [0, 0.1) is 11.8 Å². The van der Waals surface area contributed by atoms with Gasteiger partial charge < -0.3 is 21.3 Å². The monoisotopic (exact) mass is 298 g/mol. The van der Waals surface area contributed by atoms with E-state index in [0.29, 0.717) is 25.9 Å². The molecule has 2 atom stereocenters. The van der Waals surface area contributed by atoms with E-state index in [1.807, 2.05) is 6.92 Å². The molecule has 0 spiro atoms. The van der Waals surface area contributed by atoms with Gasteiger partial charge in [0.05, 0.1) is 5.92 Å². The second kappa shape index (κ2) is 7.61. The van der Waals surface area contributed by atoms with E-state index in [2.05, 4.69) is 10.6 Å². The van der Waals surface area contributed by atoms with E-state index >= 15 is 0 Å². The van der Waals surface area contributed by atoms with E-state index in [9.17, 15) is 19.2 Å². The fourth-order valence-corrected chi connectivity index (χ4v) is 2.46. The minimum absolute atomic E-state index is 0.0195. The van der Waals surface area contributed by atoms with Gasteiger partial charge in [0, 0.05) is 32.6 Å². The lowest BCUT2D eigenvalue weighted by Crippen LogP contribution is -2.47. The lowest BCUT2D eigenvalue weighted by atomic mass is 9.84. The average molecular weight is 298 g/mol. The number of urea groups is 1. The van der Waals surface area contributed by atoms with Gasteiger partial charge in [-0.1, -0.05) is 13.3 Å². The normalized spacial score (nSPS) is 17.0. The average Bonchev–Trinajstić information content (AvgIpc) is 2.86. The zero-order valence-electron chi connectivity index (χ0n) is 12.3. The van der Waals surface area contributed by atoms with Crippen molar-refractivity contribution in [1.82, 2.24) is 15.5 Å². The summed E-state index contributed by atoms with van der Waals surface area (Å²) in [5, 5.41) is 4.87. The molecule has 0 saturated carbocycles. The molecule has 1 heterocycles. The molecular formula is C13H22N4O4. The van der Waals surface area contributed by atoms with Crippen molar-refractivity contribution in [3.05, 3.63) is 0 Å². The van der Waals surface area contributed by atoms with Crippen LogP contribution in [-0.2, 0) is 14.4 Å². The van der Waals surface area contributed by atoms with Gasteiger partial charge in [-0.3, -0.25) is 14.4 Å². The number of carbonyl (C=O) groups is 4. The summed E-state index contributed by atoms with van der Waals surface area (Å²) in [4.78, 5) is 48.5. The zero-order chi connectivity index (χ0) is 16.0.